The number of aliphatic hydroxyl groups is 1. The summed E-state index contributed by atoms with van der Waals surface area (Å²) < 4.78 is 0. The Hall–Kier alpha value is -3.03. The Bertz CT molecular complexity index is 826. The second kappa shape index (κ2) is 7.25. The van der Waals surface area contributed by atoms with E-state index < -0.39 is 6.23 Å². The fourth-order valence-electron chi connectivity index (χ4n) is 2.45. The van der Waals surface area contributed by atoms with Crippen LogP contribution in [0.25, 0.3) is 0 Å². The number of anilines is 3. The molecule has 2 aromatic carbocycles. The number of aromatic amines is 1. The SMILES string of the molecule is Cc1ccc(Nc2[nH]nc(NCc3ccc(O)cc3)c2C(N)O)cc1. The maximum atomic E-state index is 9.93. The largest absolute Gasteiger partial charge is 0.508 e. The van der Waals surface area contributed by atoms with E-state index in [1.54, 1.807) is 24.3 Å². The molecule has 0 saturated carbocycles. The maximum absolute atomic E-state index is 9.93. The third-order valence-corrected chi connectivity index (χ3v) is 3.82. The first-order valence-electron chi connectivity index (χ1n) is 7.90. The summed E-state index contributed by atoms with van der Waals surface area (Å²) >= 11 is 0. The Morgan fingerprint density at radius 2 is 1.80 bits per heavy atom. The highest BCUT2D eigenvalue weighted by atomic mass is 16.3. The van der Waals surface area contributed by atoms with Gasteiger partial charge in [0.1, 0.15) is 17.8 Å². The Labute approximate surface area is 145 Å². The van der Waals surface area contributed by atoms with E-state index in [0.717, 1.165) is 16.8 Å². The maximum Gasteiger partial charge on any atom is 0.157 e. The summed E-state index contributed by atoms with van der Waals surface area (Å²) in [6.45, 7) is 2.50. The van der Waals surface area contributed by atoms with Gasteiger partial charge in [0.15, 0.2) is 5.82 Å². The molecule has 7 nitrogen and oxygen atoms in total. The van der Waals surface area contributed by atoms with Gasteiger partial charge in [0, 0.05) is 12.2 Å². The summed E-state index contributed by atoms with van der Waals surface area (Å²) in [7, 11) is 0. The smallest absolute Gasteiger partial charge is 0.157 e. The van der Waals surface area contributed by atoms with Crippen LogP contribution in [-0.4, -0.2) is 20.4 Å². The predicted molar refractivity (Wildman–Crippen MR) is 97.6 cm³/mol. The van der Waals surface area contributed by atoms with Crippen LogP contribution < -0.4 is 16.4 Å². The summed E-state index contributed by atoms with van der Waals surface area (Å²) in [6.07, 6.45) is -1.19. The minimum absolute atomic E-state index is 0.214. The predicted octanol–water partition coefficient (Wildman–Crippen LogP) is 2.73. The van der Waals surface area contributed by atoms with Gasteiger partial charge >= 0.3 is 0 Å². The molecule has 25 heavy (non-hydrogen) atoms. The van der Waals surface area contributed by atoms with Crippen molar-refractivity contribution in [3.8, 4) is 5.75 Å². The standard InChI is InChI=1S/C18H21N5O2/c1-11-2-6-13(7-3-11)21-18-15(16(19)25)17(22-23-18)20-10-12-4-8-14(24)9-5-12/h2-9,16,24-25H,10,19H2,1H3,(H3,20,21,22,23). The normalized spacial score (nSPS) is 12.0. The molecule has 0 bridgehead atoms. The van der Waals surface area contributed by atoms with Crippen molar-refractivity contribution in [2.45, 2.75) is 19.7 Å². The second-order valence-electron chi connectivity index (χ2n) is 5.82. The van der Waals surface area contributed by atoms with Gasteiger partial charge in [0.05, 0.1) is 5.56 Å². The van der Waals surface area contributed by atoms with Crippen molar-refractivity contribution in [1.82, 2.24) is 10.2 Å². The van der Waals surface area contributed by atoms with Crippen LogP contribution in [0.5, 0.6) is 5.75 Å². The van der Waals surface area contributed by atoms with Crippen molar-refractivity contribution < 1.29 is 10.2 Å². The lowest BCUT2D eigenvalue weighted by Crippen LogP contribution is -2.13. The quantitative estimate of drug-likeness (QED) is 0.384. The molecular weight excluding hydrogens is 318 g/mol. The minimum atomic E-state index is -1.19. The summed E-state index contributed by atoms with van der Waals surface area (Å²) in [5, 5.41) is 32.6. The minimum Gasteiger partial charge on any atom is -0.508 e. The van der Waals surface area contributed by atoms with Crippen LogP contribution in [0.4, 0.5) is 17.3 Å². The molecule has 1 aromatic heterocycles. The summed E-state index contributed by atoms with van der Waals surface area (Å²) in [5.41, 5.74) is 9.15. The van der Waals surface area contributed by atoms with E-state index >= 15 is 0 Å². The van der Waals surface area contributed by atoms with Crippen LogP contribution in [0, 0.1) is 6.92 Å². The molecular formula is C18H21N5O2. The highest BCUT2D eigenvalue weighted by molar-refractivity contribution is 5.66. The molecule has 7 heteroatoms. The third-order valence-electron chi connectivity index (χ3n) is 3.82. The van der Waals surface area contributed by atoms with Crippen LogP contribution in [0.15, 0.2) is 48.5 Å². The van der Waals surface area contributed by atoms with Crippen molar-refractivity contribution in [2.24, 2.45) is 5.73 Å². The zero-order chi connectivity index (χ0) is 17.8. The first kappa shape index (κ1) is 16.8. The van der Waals surface area contributed by atoms with Crippen molar-refractivity contribution in [3.05, 3.63) is 65.2 Å². The first-order valence-corrected chi connectivity index (χ1v) is 7.90. The summed E-state index contributed by atoms with van der Waals surface area (Å²) in [5.74, 6) is 1.22. The van der Waals surface area contributed by atoms with Gasteiger partial charge in [-0.3, -0.25) is 5.10 Å². The zero-order valence-corrected chi connectivity index (χ0v) is 13.8. The van der Waals surface area contributed by atoms with Crippen molar-refractivity contribution >= 4 is 17.3 Å². The number of nitrogens with one attached hydrogen (secondary N) is 3. The first-order chi connectivity index (χ1) is 12.0. The van der Waals surface area contributed by atoms with E-state index in [1.807, 2.05) is 31.2 Å². The lowest BCUT2D eigenvalue weighted by Gasteiger charge is -2.12. The number of aryl methyl sites for hydroxylation is 1. The number of phenolic OH excluding ortho intramolecular Hbond substituents is 1. The number of nitrogens with zero attached hydrogens (tertiary/aromatic N) is 1. The van der Waals surface area contributed by atoms with Crippen LogP contribution in [0.1, 0.15) is 22.9 Å². The number of aromatic nitrogens is 2. The third kappa shape index (κ3) is 4.09. The Morgan fingerprint density at radius 1 is 1.12 bits per heavy atom. The van der Waals surface area contributed by atoms with Crippen molar-refractivity contribution in [2.75, 3.05) is 10.6 Å². The van der Waals surface area contributed by atoms with Crippen molar-refractivity contribution in [3.63, 3.8) is 0 Å². The molecule has 1 unspecified atom stereocenters. The second-order valence-corrected chi connectivity index (χ2v) is 5.82. The van der Waals surface area contributed by atoms with Gasteiger partial charge in [-0.05, 0) is 36.8 Å². The van der Waals surface area contributed by atoms with Gasteiger partial charge in [0.25, 0.3) is 0 Å². The van der Waals surface area contributed by atoms with Crippen molar-refractivity contribution in [1.29, 1.82) is 0 Å². The van der Waals surface area contributed by atoms with E-state index in [-0.39, 0.29) is 5.75 Å². The van der Waals surface area contributed by atoms with E-state index in [2.05, 4.69) is 20.8 Å². The fraction of sp³-hybridized carbons (Fsp3) is 0.167. The Morgan fingerprint density at radius 3 is 2.44 bits per heavy atom. The number of hydrogen-bond acceptors (Lipinski definition) is 6. The van der Waals surface area contributed by atoms with Gasteiger partial charge in [-0.2, -0.15) is 5.10 Å². The monoisotopic (exact) mass is 339 g/mol. The molecule has 0 spiro atoms. The molecule has 0 aliphatic carbocycles. The summed E-state index contributed by atoms with van der Waals surface area (Å²) in [4.78, 5) is 0. The molecule has 0 amide bonds. The van der Waals surface area contributed by atoms with E-state index in [0.29, 0.717) is 23.7 Å². The van der Waals surface area contributed by atoms with E-state index in [1.165, 1.54) is 0 Å². The zero-order valence-electron chi connectivity index (χ0n) is 13.8. The van der Waals surface area contributed by atoms with Crippen LogP contribution >= 0.6 is 0 Å². The lowest BCUT2D eigenvalue weighted by atomic mass is 10.2. The molecule has 3 aromatic rings. The number of hydrogen-bond donors (Lipinski definition) is 6. The highest BCUT2D eigenvalue weighted by Gasteiger charge is 2.18. The van der Waals surface area contributed by atoms with Crippen LogP contribution in [-0.2, 0) is 6.54 Å². The Kier molecular flexibility index (Phi) is 4.87. The molecule has 0 saturated heterocycles. The van der Waals surface area contributed by atoms with E-state index in [4.69, 9.17) is 5.73 Å². The lowest BCUT2D eigenvalue weighted by molar-refractivity contribution is 0.187. The Balaban J connectivity index is 1.77. The van der Waals surface area contributed by atoms with Gasteiger partial charge in [0.2, 0.25) is 0 Å². The molecule has 130 valence electrons. The molecule has 7 N–H and O–H groups in total. The molecule has 0 aliphatic heterocycles. The van der Waals surface area contributed by atoms with Gasteiger partial charge in [-0.15, -0.1) is 0 Å². The topological polar surface area (TPSA) is 119 Å². The number of aliphatic hydroxyl groups excluding tert-OH is 1. The number of benzene rings is 2. The van der Waals surface area contributed by atoms with Gasteiger partial charge in [-0.1, -0.05) is 29.8 Å². The number of phenols is 1. The average Bonchev–Trinajstić information content (AvgIpc) is 2.99. The van der Waals surface area contributed by atoms with Gasteiger partial charge in [-0.25, -0.2) is 0 Å². The van der Waals surface area contributed by atoms with Gasteiger partial charge < -0.3 is 26.6 Å². The number of H-pyrrole nitrogens is 1. The highest BCUT2D eigenvalue weighted by Crippen LogP contribution is 2.28. The fourth-order valence-corrected chi connectivity index (χ4v) is 2.45. The molecule has 0 aliphatic rings. The number of rotatable bonds is 6. The molecule has 1 heterocycles. The molecule has 3 rings (SSSR count). The number of nitrogens with two attached hydrogens (primary N) is 1. The van der Waals surface area contributed by atoms with Crippen LogP contribution in [0.2, 0.25) is 0 Å². The summed E-state index contributed by atoms with van der Waals surface area (Å²) in [6, 6.07) is 14.7. The van der Waals surface area contributed by atoms with E-state index in [9.17, 15) is 10.2 Å². The molecule has 0 fully saturated rings. The average molecular weight is 339 g/mol. The molecule has 0 radical (unpaired) electrons. The molecule has 1 atom stereocenters. The van der Waals surface area contributed by atoms with Crippen LogP contribution in [0.3, 0.4) is 0 Å². The number of aromatic hydroxyl groups is 1.